The van der Waals surface area contributed by atoms with Gasteiger partial charge in [0.1, 0.15) is 17.7 Å². The third kappa shape index (κ3) is 2.87. The normalized spacial score (nSPS) is 16.1. The molecule has 0 aliphatic carbocycles. The number of halogens is 2. The van der Waals surface area contributed by atoms with Gasteiger partial charge in [0, 0.05) is 11.1 Å². The van der Waals surface area contributed by atoms with Gasteiger partial charge in [-0.3, -0.25) is 0 Å². The Labute approximate surface area is 158 Å². The zero-order chi connectivity index (χ0) is 19.1. The standard InChI is InChI=1S/C20H14F2N4O2/c21-13-5-3-4-12(8-13)19-24-20(28-25-19)18-16-10-27-17(9-26(16)11-23-18)14-6-1-2-7-15(14)22/h1-8,11,17H,9-10H2/t17-/m1/s1. The van der Waals surface area contributed by atoms with Crippen LogP contribution in [-0.4, -0.2) is 19.7 Å². The third-order valence-corrected chi connectivity index (χ3v) is 4.69. The fourth-order valence-electron chi connectivity index (χ4n) is 3.29. The van der Waals surface area contributed by atoms with Crippen LogP contribution in [-0.2, 0) is 17.9 Å². The zero-order valence-electron chi connectivity index (χ0n) is 14.5. The lowest BCUT2D eigenvalue weighted by Gasteiger charge is -2.25. The van der Waals surface area contributed by atoms with Gasteiger partial charge in [0.25, 0.3) is 5.89 Å². The van der Waals surface area contributed by atoms with Gasteiger partial charge in [-0.1, -0.05) is 35.5 Å². The highest BCUT2D eigenvalue weighted by atomic mass is 19.1. The molecule has 0 unspecified atom stereocenters. The average Bonchev–Trinajstić information content (AvgIpc) is 3.35. The summed E-state index contributed by atoms with van der Waals surface area (Å²) in [5.74, 6) is -0.179. The van der Waals surface area contributed by atoms with Crippen LogP contribution in [0.15, 0.2) is 59.4 Å². The van der Waals surface area contributed by atoms with Gasteiger partial charge in [-0.2, -0.15) is 4.98 Å². The molecule has 1 atom stereocenters. The first kappa shape index (κ1) is 16.8. The second-order valence-corrected chi connectivity index (χ2v) is 6.45. The van der Waals surface area contributed by atoms with Crippen molar-refractivity contribution in [3.8, 4) is 23.0 Å². The van der Waals surface area contributed by atoms with Crippen LogP contribution >= 0.6 is 0 Å². The summed E-state index contributed by atoms with van der Waals surface area (Å²) in [6, 6.07) is 12.5. The van der Waals surface area contributed by atoms with Crippen LogP contribution in [0.3, 0.4) is 0 Å². The van der Waals surface area contributed by atoms with E-state index in [-0.39, 0.29) is 30.0 Å². The maximum atomic E-state index is 14.0. The van der Waals surface area contributed by atoms with Gasteiger partial charge in [-0.05, 0) is 18.2 Å². The minimum absolute atomic E-state index is 0.223. The summed E-state index contributed by atoms with van der Waals surface area (Å²) in [4.78, 5) is 8.69. The first-order valence-electron chi connectivity index (χ1n) is 8.69. The van der Waals surface area contributed by atoms with Crippen molar-refractivity contribution >= 4 is 0 Å². The molecular formula is C20H14F2N4O2. The highest BCUT2D eigenvalue weighted by Crippen LogP contribution is 2.32. The average molecular weight is 380 g/mol. The number of hydrogen-bond donors (Lipinski definition) is 0. The Morgan fingerprint density at radius 1 is 1.07 bits per heavy atom. The molecule has 28 heavy (non-hydrogen) atoms. The first-order valence-corrected chi connectivity index (χ1v) is 8.69. The molecule has 4 aromatic rings. The quantitative estimate of drug-likeness (QED) is 0.534. The SMILES string of the molecule is Fc1cccc(-c2noc(-c3ncn4c3CO[C@@H](c3ccccc3F)C4)n2)c1. The Kier molecular flexibility index (Phi) is 3.98. The molecule has 1 aliphatic rings. The minimum Gasteiger partial charge on any atom is -0.365 e. The van der Waals surface area contributed by atoms with Crippen molar-refractivity contribution in [3.05, 3.63) is 77.8 Å². The van der Waals surface area contributed by atoms with E-state index in [2.05, 4.69) is 15.1 Å². The van der Waals surface area contributed by atoms with Gasteiger partial charge in [0.05, 0.1) is 25.2 Å². The van der Waals surface area contributed by atoms with E-state index < -0.39 is 6.10 Å². The molecular weight excluding hydrogens is 366 g/mol. The number of rotatable bonds is 3. The molecule has 140 valence electrons. The second-order valence-electron chi connectivity index (χ2n) is 6.45. The first-order chi connectivity index (χ1) is 13.7. The van der Waals surface area contributed by atoms with Crippen molar-refractivity contribution < 1.29 is 18.0 Å². The molecule has 8 heteroatoms. The number of aromatic nitrogens is 4. The fourth-order valence-corrected chi connectivity index (χ4v) is 3.29. The van der Waals surface area contributed by atoms with Crippen LogP contribution in [0.4, 0.5) is 8.78 Å². The van der Waals surface area contributed by atoms with Gasteiger partial charge < -0.3 is 13.8 Å². The van der Waals surface area contributed by atoms with Crippen LogP contribution in [0.1, 0.15) is 17.4 Å². The van der Waals surface area contributed by atoms with Gasteiger partial charge in [-0.15, -0.1) is 0 Å². The Morgan fingerprint density at radius 2 is 1.96 bits per heavy atom. The van der Waals surface area contributed by atoms with Gasteiger partial charge in [-0.25, -0.2) is 13.8 Å². The lowest BCUT2D eigenvalue weighted by atomic mass is 10.1. The van der Waals surface area contributed by atoms with Crippen molar-refractivity contribution in [2.75, 3.05) is 0 Å². The van der Waals surface area contributed by atoms with Crippen LogP contribution in [0.5, 0.6) is 0 Å². The zero-order valence-corrected chi connectivity index (χ0v) is 14.5. The van der Waals surface area contributed by atoms with E-state index in [1.165, 1.54) is 18.2 Å². The van der Waals surface area contributed by atoms with Crippen molar-refractivity contribution in [2.45, 2.75) is 19.3 Å². The minimum atomic E-state index is -0.402. The summed E-state index contributed by atoms with van der Waals surface area (Å²) in [5, 5.41) is 3.91. The molecule has 0 spiro atoms. The lowest BCUT2D eigenvalue weighted by molar-refractivity contribution is 0.00126. The van der Waals surface area contributed by atoms with Gasteiger partial charge in [0.15, 0.2) is 5.69 Å². The summed E-state index contributed by atoms with van der Waals surface area (Å²) in [6.45, 7) is 0.653. The lowest BCUT2D eigenvalue weighted by Crippen LogP contribution is -2.21. The van der Waals surface area contributed by atoms with Crippen molar-refractivity contribution in [2.24, 2.45) is 0 Å². The van der Waals surface area contributed by atoms with Gasteiger partial charge in [0.2, 0.25) is 5.82 Å². The summed E-state index contributed by atoms with van der Waals surface area (Å²) in [7, 11) is 0. The molecule has 6 nitrogen and oxygen atoms in total. The predicted molar refractivity (Wildman–Crippen MR) is 94.8 cm³/mol. The van der Waals surface area contributed by atoms with Crippen molar-refractivity contribution in [1.29, 1.82) is 0 Å². The molecule has 1 aliphatic heterocycles. The van der Waals surface area contributed by atoms with Crippen LogP contribution < -0.4 is 0 Å². The Hall–Kier alpha value is -3.39. The molecule has 0 fully saturated rings. The van der Waals surface area contributed by atoms with E-state index in [1.54, 1.807) is 36.7 Å². The van der Waals surface area contributed by atoms with Crippen LogP contribution in [0.25, 0.3) is 23.0 Å². The number of ether oxygens (including phenoxy) is 1. The molecule has 0 saturated heterocycles. The Morgan fingerprint density at radius 3 is 2.82 bits per heavy atom. The monoisotopic (exact) mass is 380 g/mol. The summed E-state index contributed by atoms with van der Waals surface area (Å²) < 4.78 is 40.5. The molecule has 0 amide bonds. The number of benzene rings is 2. The number of fused-ring (bicyclic) bond motifs is 1. The van der Waals surface area contributed by atoms with Crippen LogP contribution in [0, 0.1) is 11.6 Å². The van der Waals surface area contributed by atoms with Crippen molar-refractivity contribution in [1.82, 2.24) is 19.7 Å². The van der Waals surface area contributed by atoms with E-state index in [4.69, 9.17) is 9.26 Å². The Balaban J connectivity index is 1.44. The van der Waals surface area contributed by atoms with E-state index >= 15 is 0 Å². The topological polar surface area (TPSA) is 66.0 Å². The van der Waals surface area contributed by atoms with Gasteiger partial charge >= 0.3 is 0 Å². The van der Waals surface area contributed by atoms with E-state index in [1.807, 2.05) is 4.57 Å². The smallest absolute Gasteiger partial charge is 0.278 e. The predicted octanol–water partition coefficient (Wildman–Crippen LogP) is 4.15. The molecule has 2 aromatic heterocycles. The molecule has 0 bridgehead atoms. The maximum absolute atomic E-state index is 14.0. The molecule has 5 rings (SSSR count). The van der Waals surface area contributed by atoms with E-state index in [0.717, 1.165) is 5.69 Å². The number of hydrogen-bond acceptors (Lipinski definition) is 5. The third-order valence-electron chi connectivity index (χ3n) is 4.69. The molecule has 2 aromatic carbocycles. The summed E-state index contributed by atoms with van der Waals surface area (Å²) in [6.07, 6.45) is 1.24. The maximum Gasteiger partial charge on any atom is 0.278 e. The highest BCUT2D eigenvalue weighted by molar-refractivity contribution is 5.59. The molecule has 0 N–H and O–H groups in total. The fraction of sp³-hybridized carbons (Fsp3) is 0.150. The van der Waals surface area contributed by atoms with Crippen molar-refractivity contribution in [3.63, 3.8) is 0 Å². The Bertz CT molecular complexity index is 1150. The van der Waals surface area contributed by atoms with E-state index in [0.29, 0.717) is 23.4 Å². The summed E-state index contributed by atoms with van der Waals surface area (Å²) >= 11 is 0. The molecule has 0 saturated carbocycles. The number of imidazole rings is 1. The number of nitrogens with zero attached hydrogens (tertiary/aromatic N) is 4. The summed E-state index contributed by atoms with van der Waals surface area (Å²) in [5.41, 5.74) is 2.29. The van der Waals surface area contributed by atoms with E-state index in [9.17, 15) is 8.78 Å². The molecule has 0 radical (unpaired) electrons. The largest absolute Gasteiger partial charge is 0.365 e. The highest BCUT2D eigenvalue weighted by Gasteiger charge is 2.27. The van der Waals surface area contributed by atoms with Crippen LogP contribution in [0.2, 0.25) is 0 Å². The second kappa shape index (κ2) is 6.65. The molecule has 3 heterocycles.